The predicted octanol–water partition coefficient (Wildman–Crippen LogP) is 3.40. The molecule has 0 spiro atoms. The molecule has 0 bridgehead atoms. The summed E-state index contributed by atoms with van der Waals surface area (Å²) < 4.78 is 6.38. The summed E-state index contributed by atoms with van der Waals surface area (Å²) in [5.74, 6) is 0.788. The van der Waals surface area contributed by atoms with E-state index in [1.807, 2.05) is 37.3 Å². The van der Waals surface area contributed by atoms with Gasteiger partial charge in [0.15, 0.2) is 0 Å². The van der Waals surface area contributed by atoms with Crippen LogP contribution in [0.3, 0.4) is 0 Å². The molecule has 3 heteroatoms. The van der Waals surface area contributed by atoms with E-state index in [0.29, 0.717) is 0 Å². The average Bonchev–Trinajstić information content (AvgIpc) is 2.74. The molecule has 0 aliphatic heterocycles. The first kappa shape index (κ1) is 10.5. The van der Waals surface area contributed by atoms with Crippen molar-refractivity contribution in [1.29, 1.82) is 0 Å². The molecule has 1 unspecified atom stereocenters. The molecule has 15 heavy (non-hydrogen) atoms. The fourth-order valence-corrected chi connectivity index (χ4v) is 1.96. The van der Waals surface area contributed by atoms with Gasteiger partial charge in [-0.1, -0.05) is 28.1 Å². The maximum absolute atomic E-state index is 6.12. The third-order valence-electron chi connectivity index (χ3n) is 2.49. The zero-order chi connectivity index (χ0) is 10.8. The van der Waals surface area contributed by atoms with Crippen molar-refractivity contribution < 1.29 is 4.42 Å². The highest BCUT2D eigenvalue weighted by molar-refractivity contribution is 9.10. The van der Waals surface area contributed by atoms with Crippen LogP contribution in [0.1, 0.15) is 22.9 Å². The van der Waals surface area contributed by atoms with Crippen molar-refractivity contribution in [2.24, 2.45) is 5.73 Å². The summed E-state index contributed by atoms with van der Waals surface area (Å²) in [4.78, 5) is 0. The van der Waals surface area contributed by atoms with E-state index in [-0.39, 0.29) is 6.04 Å². The molecule has 0 aliphatic carbocycles. The van der Waals surface area contributed by atoms with Gasteiger partial charge >= 0.3 is 0 Å². The Morgan fingerprint density at radius 2 is 2.07 bits per heavy atom. The lowest BCUT2D eigenvalue weighted by Crippen LogP contribution is -2.12. The van der Waals surface area contributed by atoms with E-state index in [1.165, 1.54) is 0 Å². The minimum absolute atomic E-state index is 0.197. The van der Waals surface area contributed by atoms with Crippen molar-refractivity contribution in [3.8, 4) is 0 Å². The van der Waals surface area contributed by atoms with Crippen LogP contribution in [0, 0.1) is 6.92 Å². The molecule has 0 aliphatic rings. The van der Waals surface area contributed by atoms with Crippen LogP contribution in [-0.2, 0) is 0 Å². The van der Waals surface area contributed by atoms with Gasteiger partial charge in [0.1, 0.15) is 5.76 Å². The van der Waals surface area contributed by atoms with Crippen molar-refractivity contribution in [1.82, 2.24) is 0 Å². The van der Waals surface area contributed by atoms with Crippen LogP contribution in [-0.4, -0.2) is 0 Å². The highest BCUT2D eigenvalue weighted by atomic mass is 79.9. The molecule has 2 aromatic rings. The first-order valence-corrected chi connectivity index (χ1v) is 5.53. The molecule has 0 amide bonds. The molecule has 0 saturated heterocycles. The largest absolute Gasteiger partial charge is 0.467 e. The van der Waals surface area contributed by atoms with E-state index in [1.54, 1.807) is 6.26 Å². The van der Waals surface area contributed by atoms with Crippen LogP contribution in [0.25, 0.3) is 0 Å². The fourth-order valence-electron chi connectivity index (χ4n) is 1.58. The first-order chi connectivity index (χ1) is 7.20. The van der Waals surface area contributed by atoms with Gasteiger partial charge in [0.25, 0.3) is 0 Å². The number of furan rings is 1. The van der Waals surface area contributed by atoms with Crippen molar-refractivity contribution in [2.45, 2.75) is 13.0 Å². The number of hydrogen-bond donors (Lipinski definition) is 1. The number of nitrogens with two attached hydrogens (primary N) is 1. The molecule has 1 aromatic carbocycles. The summed E-state index contributed by atoms with van der Waals surface area (Å²) in [5, 5.41) is 0. The molecule has 1 atom stereocenters. The normalized spacial score (nSPS) is 12.7. The molecule has 0 fully saturated rings. The standard InChI is InChI=1S/C12H12BrNO/c1-8-9(4-2-5-10(8)13)12(14)11-6-3-7-15-11/h2-7,12H,14H2,1H3. The van der Waals surface area contributed by atoms with Crippen LogP contribution in [0.2, 0.25) is 0 Å². The molecule has 2 nitrogen and oxygen atoms in total. The minimum atomic E-state index is -0.197. The molecule has 1 heterocycles. The van der Waals surface area contributed by atoms with Crippen molar-refractivity contribution in [2.75, 3.05) is 0 Å². The second-order valence-corrected chi connectivity index (χ2v) is 4.30. The van der Waals surface area contributed by atoms with Crippen LogP contribution >= 0.6 is 15.9 Å². The van der Waals surface area contributed by atoms with E-state index in [2.05, 4.69) is 15.9 Å². The smallest absolute Gasteiger partial charge is 0.125 e. The van der Waals surface area contributed by atoms with Gasteiger partial charge in [-0.3, -0.25) is 0 Å². The summed E-state index contributed by atoms with van der Waals surface area (Å²) in [7, 11) is 0. The van der Waals surface area contributed by atoms with E-state index in [4.69, 9.17) is 10.2 Å². The lowest BCUT2D eigenvalue weighted by Gasteiger charge is -2.13. The average molecular weight is 266 g/mol. The summed E-state index contributed by atoms with van der Waals surface area (Å²) >= 11 is 3.49. The van der Waals surface area contributed by atoms with Gasteiger partial charge in [0, 0.05) is 4.47 Å². The Kier molecular flexibility index (Phi) is 2.93. The second kappa shape index (κ2) is 4.21. The molecular weight excluding hydrogens is 254 g/mol. The van der Waals surface area contributed by atoms with Gasteiger partial charge in [-0.2, -0.15) is 0 Å². The lowest BCUT2D eigenvalue weighted by molar-refractivity contribution is 0.489. The van der Waals surface area contributed by atoms with E-state index < -0.39 is 0 Å². The Hall–Kier alpha value is -1.06. The molecule has 0 saturated carbocycles. The van der Waals surface area contributed by atoms with Crippen molar-refractivity contribution in [3.63, 3.8) is 0 Å². The molecule has 0 radical (unpaired) electrons. The Balaban J connectivity index is 2.42. The van der Waals surface area contributed by atoms with Crippen LogP contribution in [0.4, 0.5) is 0 Å². The van der Waals surface area contributed by atoms with E-state index in [9.17, 15) is 0 Å². The third kappa shape index (κ3) is 1.98. The highest BCUT2D eigenvalue weighted by Gasteiger charge is 2.14. The number of benzene rings is 1. The van der Waals surface area contributed by atoms with Gasteiger partial charge in [-0.15, -0.1) is 0 Å². The Labute approximate surface area is 97.2 Å². The number of hydrogen-bond acceptors (Lipinski definition) is 2. The van der Waals surface area contributed by atoms with Crippen LogP contribution < -0.4 is 5.73 Å². The Morgan fingerprint density at radius 3 is 2.73 bits per heavy atom. The van der Waals surface area contributed by atoms with Crippen LogP contribution in [0.15, 0.2) is 45.5 Å². The summed E-state index contributed by atoms with van der Waals surface area (Å²) in [6.45, 7) is 2.04. The maximum Gasteiger partial charge on any atom is 0.125 e. The lowest BCUT2D eigenvalue weighted by atomic mass is 10.0. The van der Waals surface area contributed by atoms with Crippen molar-refractivity contribution in [3.05, 3.63) is 58.0 Å². The van der Waals surface area contributed by atoms with Gasteiger partial charge in [0.05, 0.1) is 12.3 Å². The van der Waals surface area contributed by atoms with E-state index in [0.717, 1.165) is 21.4 Å². The molecule has 2 rings (SSSR count). The quantitative estimate of drug-likeness (QED) is 0.904. The number of rotatable bonds is 2. The summed E-state index contributed by atoms with van der Waals surface area (Å²) in [5.41, 5.74) is 8.35. The first-order valence-electron chi connectivity index (χ1n) is 4.74. The molecule has 2 N–H and O–H groups in total. The predicted molar refractivity (Wildman–Crippen MR) is 63.6 cm³/mol. The Bertz CT molecular complexity index is 451. The van der Waals surface area contributed by atoms with Gasteiger partial charge in [0.2, 0.25) is 0 Å². The topological polar surface area (TPSA) is 39.2 Å². The number of halogens is 1. The monoisotopic (exact) mass is 265 g/mol. The fraction of sp³-hybridized carbons (Fsp3) is 0.167. The minimum Gasteiger partial charge on any atom is -0.467 e. The zero-order valence-electron chi connectivity index (χ0n) is 8.41. The van der Waals surface area contributed by atoms with Crippen LogP contribution in [0.5, 0.6) is 0 Å². The van der Waals surface area contributed by atoms with Gasteiger partial charge in [-0.05, 0) is 36.2 Å². The molecule has 1 aromatic heterocycles. The SMILES string of the molecule is Cc1c(Br)cccc1C(N)c1ccco1. The van der Waals surface area contributed by atoms with Gasteiger partial charge < -0.3 is 10.2 Å². The highest BCUT2D eigenvalue weighted by Crippen LogP contribution is 2.27. The Morgan fingerprint density at radius 1 is 1.27 bits per heavy atom. The zero-order valence-corrected chi connectivity index (χ0v) is 9.99. The van der Waals surface area contributed by atoms with Crippen molar-refractivity contribution >= 4 is 15.9 Å². The maximum atomic E-state index is 6.12. The summed E-state index contributed by atoms with van der Waals surface area (Å²) in [6, 6.07) is 9.56. The second-order valence-electron chi connectivity index (χ2n) is 3.45. The van der Waals surface area contributed by atoms with E-state index >= 15 is 0 Å². The molecular formula is C12H12BrNO. The van der Waals surface area contributed by atoms with Gasteiger partial charge in [-0.25, -0.2) is 0 Å². The third-order valence-corrected chi connectivity index (χ3v) is 3.35. The molecule has 78 valence electrons. The summed E-state index contributed by atoms with van der Waals surface area (Å²) in [6.07, 6.45) is 1.64.